The van der Waals surface area contributed by atoms with Gasteiger partial charge in [0.15, 0.2) is 5.17 Å². The number of rotatable bonds is 3. The predicted octanol–water partition coefficient (Wildman–Crippen LogP) is -1.30. The van der Waals surface area contributed by atoms with Crippen LogP contribution in [0.3, 0.4) is 0 Å². The lowest BCUT2D eigenvalue weighted by molar-refractivity contribution is -0.138. The van der Waals surface area contributed by atoms with E-state index < -0.39 is 11.8 Å². The zero-order valence-corrected chi connectivity index (χ0v) is 8.97. The smallest absolute Gasteiger partial charge is 0.315 e. The first-order valence-corrected chi connectivity index (χ1v) is 5.60. The molecule has 1 aliphatic heterocycles. The number of hydrogen-bond acceptors (Lipinski definition) is 5. The van der Waals surface area contributed by atoms with Crippen molar-refractivity contribution >= 4 is 28.7 Å². The van der Waals surface area contributed by atoms with Crippen molar-refractivity contribution in [2.24, 2.45) is 4.99 Å². The molecule has 0 aliphatic carbocycles. The van der Waals surface area contributed by atoms with Gasteiger partial charge in [-0.3, -0.25) is 19.9 Å². The Balaban J connectivity index is 2.23. The molecule has 0 unspecified atom stereocenters. The monoisotopic (exact) mass is 231 g/mol. The van der Waals surface area contributed by atoms with Gasteiger partial charge in [0.1, 0.15) is 0 Å². The van der Waals surface area contributed by atoms with Gasteiger partial charge in [-0.05, 0) is 6.42 Å². The molecule has 84 valence electrons. The van der Waals surface area contributed by atoms with E-state index >= 15 is 0 Å². The molecule has 0 spiro atoms. The zero-order valence-electron chi connectivity index (χ0n) is 8.15. The normalized spacial score (nSPS) is 14.6. The second-order valence-electron chi connectivity index (χ2n) is 2.82. The summed E-state index contributed by atoms with van der Waals surface area (Å²) in [5.74, 6) is -0.568. The zero-order chi connectivity index (χ0) is 11.1. The molecule has 15 heavy (non-hydrogen) atoms. The number of nitrogens with zero attached hydrogens (tertiary/aromatic N) is 1. The van der Waals surface area contributed by atoms with E-state index in [1.165, 1.54) is 11.8 Å². The van der Waals surface area contributed by atoms with Crippen molar-refractivity contribution in [2.75, 3.05) is 25.4 Å². The minimum Gasteiger partial charge on any atom is -0.396 e. The van der Waals surface area contributed by atoms with Crippen LogP contribution in [0.15, 0.2) is 4.99 Å². The lowest BCUT2D eigenvalue weighted by Gasteiger charge is -2.04. The topological polar surface area (TPSA) is 90.8 Å². The molecule has 3 N–H and O–H groups in total. The Kier molecular flexibility index (Phi) is 5.13. The highest BCUT2D eigenvalue weighted by molar-refractivity contribution is 8.14. The summed E-state index contributed by atoms with van der Waals surface area (Å²) < 4.78 is 0. The van der Waals surface area contributed by atoms with Crippen LogP contribution >= 0.6 is 11.8 Å². The summed E-state index contributed by atoms with van der Waals surface area (Å²) >= 11 is 1.41. The van der Waals surface area contributed by atoms with Crippen LogP contribution in [0.2, 0.25) is 0 Å². The Morgan fingerprint density at radius 3 is 2.87 bits per heavy atom. The molecule has 1 heterocycles. The highest BCUT2D eigenvalue weighted by atomic mass is 32.2. The van der Waals surface area contributed by atoms with Crippen molar-refractivity contribution < 1.29 is 14.7 Å². The fourth-order valence-corrected chi connectivity index (χ4v) is 1.65. The van der Waals surface area contributed by atoms with E-state index in [0.717, 1.165) is 5.75 Å². The van der Waals surface area contributed by atoms with Gasteiger partial charge in [-0.25, -0.2) is 0 Å². The molecule has 7 heteroatoms. The molecule has 1 rings (SSSR count). The molecule has 0 radical (unpaired) electrons. The average molecular weight is 231 g/mol. The molecule has 0 bridgehead atoms. The van der Waals surface area contributed by atoms with Crippen molar-refractivity contribution in [2.45, 2.75) is 6.42 Å². The first-order valence-electron chi connectivity index (χ1n) is 4.61. The van der Waals surface area contributed by atoms with Crippen molar-refractivity contribution in [1.29, 1.82) is 0 Å². The third-order valence-corrected chi connectivity index (χ3v) is 2.52. The SMILES string of the molecule is O=C(NCCCO)C(=O)NC1=NCCS1. The van der Waals surface area contributed by atoms with E-state index in [0.29, 0.717) is 24.7 Å². The summed E-state index contributed by atoms with van der Waals surface area (Å²) in [6.45, 7) is 0.958. The maximum absolute atomic E-state index is 11.2. The quantitative estimate of drug-likeness (QED) is 0.416. The second-order valence-corrected chi connectivity index (χ2v) is 3.91. The predicted molar refractivity (Wildman–Crippen MR) is 57.6 cm³/mol. The van der Waals surface area contributed by atoms with Crippen molar-refractivity contribution in [3.8, 4) is 0 Å². The minimum atomic E-state index is -0.707. The number of aliphatic hydroxyl groups excluding tert-OH is 1. The highest BCUT2D eigenvalue weighted by Gasteiger charge is 2.16. The van der Waals surface area contributed by atoms with Gasteiger partial charge in [-0.2, -0.15) is 0 Å². The van der Waals surface area contributed by atoms with Crippen LogP contribution in [0.1, 0.15) is 6.42 Å². The second kappa shape index (κ2) is 6.41. The van der Waals surface area contributed by atoms with E-state index in [9.17, 15) is 9.59 Å². The first-order chi connectivity index (χ1) is 7.24. The van der Waals surface area contributed by atoms with Gasteiger partial charge in [0, 0.05) is 18.9 Å². The molecule has 0 aromatic carbocycles. The number of hydrogen-bond donors (Lipinski definition) is 3. The molecule has 0 saturated heterocycles. The summed E-state index contributed by atoms with van der Waals surface area (Å²) in [6, 6.07) is 0. The number of amides is 2. The summed E-state index contributed by atoms with van der Waals surface area (Å²) in [5.41, 5.74) is 0. The largest absolute Gasteiger partial charge is 0.396 e. The van der Waals surface area contributed by atoms with Gasteiger partial charge >= 0.3 is 11.8 Å². The highest BCUT2D eigenvalue weighted by Crippen LogP contribution is 2.08. The molecule has 0 aromatic rings. The number of amidine groups is 1. The van der Waals surface area contributed by atoms with Crippen molar-refractivity contribution in [3.63, 3.8) is 0 Å². The van der Waals surface area contributed by atoms with E-state index in [1.54, 1.807) is 0 Å². The Bertz CT molecular complexity index is 280. The van der Waals surface area contributed by atoms with Crippen molar-refractivity contribution in [1.82, 2.24) is 10.6 Å². The van der Waals surface area contributed by atoms with Crippen LogP contribution in [0.5, 0.6) is 0 Å². The van der Waals surface area contributed by atoms with E-state index in [-0.39, 0.29) is 6.61 Å². The molecular formula is C8H13N3O3S. The summed E-state index contributed by atoms with van der Waals surface area (Å²) in [7, 11) is 0. The molecule has 0 aromatic heterocycles. The summed E-state index contributed by atoms with van der Waals surface area (Å²) in [5, 5.41) is 13.8. The summed E-state index contributed by atoms with van der Waals surface area (Å²) in [6.07, 6.45) is 0.439. The van der Waals surface area contributed by atoms with Gasteiger partial charge < -0.3 is 10.4 Å². The van der Waals surface area contributed by atoms with E-state index in [4.69, 9.17) is 5.11 Å². The Hall–Kier alpha value is -1.08. The van der Waals surface area contributed by atoms with Crippen molar-refractivity contribution in [3.05, 3.63) is 0 Å². The lowest BCUT2D eigenvalue weighted by Crippen LogP contribution is -2.41. The lowest BCUT2D eigenvalue weighted by atomic mass is 10.4. The average Bonchev–Trinajstić information content (AvgIpc) is 2.70. The molecular weight excluding hydrogens is 218 g/mol. The molecule has 1 aliphatic rings. The fraction of sp³-hybridized carbons (Fsp3) is 0.625. The molecule has 0 saturated carbocycles. The van der Waals surface area contributed by atoms with Gasteiger partial charge in [-0.1, -0.05) is 11.8 Å². The third kappa shape index (κ3) is 4.30. The Morgan fingerprint density at radius 2 is 2.27 bits per heavy atom. The van der Waals surface area contributed by atoms with Gasteiger partial charge in [0.2, 0.25) is 0 Å². The number of aliphatic imine (C=N–C) groups is 1. The van der Waals surface area contributed by atoms with Gasteiger partial charge in [-0.15, -0.1) is 0 Å². The van der Waals surface area contributed by atoms with Crippen LogP contribution in [0.25, 0.3) is 0 Å². The maximum Gasteiger partial charge on any atom is 0.315 e. The number of carbonyl (C=O) groups excluding carboxylic acids is 2. The summed E-state index contributed by atoms with van der Waals surface area (Å²) in [4.78, 5) is 26.3. The Labute approximate surface area is 91.5 Å². The minimum absolute atomic E-state index is 0.00947. The number of carbonyl (C=O) groups is 2. The van der Waals surface area contributed by atoms with Crippen LogP contribution in [0, 0.1) is 0 Å². The molecule has 6 nitrogen and oxygen atoms in total. The first kappa shape index (κ1) is 12.0. The van der Waals surface area contributed by atoms with Crippen LogP contribution < -0.4 is 10.6 Å². The van der Waals surface area contributed by atoms with E-state index in [2.05, 4.69) is 15.6 Å². The Morgan fingerprint density at radius 1 is 1.47 bits per heavy atom. The fourth-order valence-electron chi connectivity index (χ4n) is 0.926. The van der Waals surface area contributed by atoms with Crippen LogP contribution in [0.4, 0.5) is 0 Å². The molecule has 0 fully saturated rings. The molecule has 2 amide bonds. The molecule has 0 atom stereocenters. The maximum atomic E-state index is 11.2. The van der Waals surface area contributed by atoms with Gasteiger partial charge in [0.25, 0.3) is 0 Å². The van der Waals surface area contributed by atoms with Crippen LogP contribution in [-0.4, -0.2) is 47.5 Å². The van der Waals surface area contributed by atoms with Gasteiger partial charge in [0.05, 0.1) is 6.54 Å². The third-order valence-electron chi connectivity index (χ3n) is 1.63. The van der Waals surface area contributed by atoms with E-state index in [1.807, 2.05) is 0 Å². The number of aliphatic hydroxyl groups is 1. The number of nitrogens with one attached hydrogen (secondary N) is 2. The van der Waals surface area contributed by atoms with Crippen LogP contribution in [-0.2, 0) is 9.59 Å². The standard InChI is InChI=1S/C8H13N3O3S/c12-4-1-2-9-6(13)7(14)11-8-10-3-5-15-8/h12H,1-5H2,(H,9,13)(H,10,11,14). The number of thioether (sulfide) groups is 1.